The molecule has 1 aliphatic carbocycles. The minimum atomic E-state index is -0.664. The highest BCUT2D eigenvalue weighted by molar-refractivity contribution is 6.30. The second-order valence-corrected chi connectivity index (χ2v) is 7.81. The molecule has 7 heteroatoms. The molecule has 1 aromatic carbocycles. The lowest BCUT2D eigenvalue weighted by atomic mass is 9.75. The number of aliphatic hydroxyl groups excluding tert-OH is 1. The summed E-state index contributed by atoms with van der Waals surface area (Å²) in [7, 11) is 0. The normalized spacial score (nSPS) is 18.1. The van der Waals surface area contributed by atoms with Gasteiger partial charge in [0, 0.05) is 28.1 Å². The first-order valence-corrected chi connectivity index (χ1v) is 8.72. The molecule has 0 radical (unpaired) electrons. The van der Waals surface area contributed by atoms with E-state index in [4.69, 9.17) is 16.0 Å². The molecule has 3 rings (SSSR count). The second-order valence-electron chi connectivity index (χ2n) is 7.37. The fraction of sp³-hybridized carbons (Fsp3) is 0.368. The number of nitrogens with one attached hydrogen (secondary N) is 2. The fourth-order valence-corrected chi connectivity index (χ4v) is 3.47. The number of furan rings is 1. The van der Waals surface area contributed by atoms with E-state index in [1.807, 2.05) is 13.8 Å². The van der Waals surface area contributed by atoms with E-state index >= 15 is 0 Å². The summed E-state index contributed by atoms with van der Waals surface area (Å²) in [6.07, 6.45) is 0.585. The summed E-state index contributed by atoms with van der Waals surface area (Å²) in [6, 6.07) is 6.29. The number of halogens is 1. The van der Waals surface area contributed by atoms with Crippen LogP contribution in [0, 0.1) is 12.3 Å². The van der Waals surface area contributed by atoms with E-state index in [1.54, 1.807) is 31.2 Å². The molecule has 2 amide bonds. The summed E-state index contributed by atoms with van der Waals surface area (Å²) >= 11 is 5.79. The van der Waals surface area contributed by atoms with E-state index in [0.717, 1.165) is 0 Å². The van der Waals surface area contributed by atoms with E-state index in [9.17, 15) is 14.7 Å². The molecule has 1 aliphatic rings. The Morgan fingerprint density at radius 1 is 1.19 bits per heavy atom. The average Bonchev–Trinajstić information content (AvgIpc) is 2.88. The van der Waals surface area contributed by atoms with Gasteiger partial charge in [0.25, 0.3) is 5.91 Å². The highest BCUT2D eigenvalue weighted by atomic mass is 35.5. The van der Waals surface area contributed by atoms with E-state index in [0.29, 0.717) is 40.3 Å². The van der Waals surface area contributed by atoms with E-state index in [1.165, 1.54) is 0 Å². The highest BCUT2D eigenvalue weighted by Crippen LogP contribution is 2.43. The van der Waals surface area contributed by atoms with Crippen molar-refractivity contribution in [2.24, 2.45) is 5.41 Å². The van der Waals surface area contributed by atoms with Crippen molar-refractivity contribution in [3.63, 3.8) is 0 Å². The number of rotatable bonds is 2. The zero-order valence-corrected chi connectivity index (χ0v) is 15.6. The molecule has 6 nitrogen and oxygen atoms in total. The molecule has 0 aliphatic heterocycles. The third-order valence-electron chi connectivity index (χ3n) is 4.59. The van der Waals surface area contributed by atoms with Crippen LogP contribution in [0.25, 0.3) is 0 Å². The van der Waals surface area contributed by atoms with Crippen molar-refractivity contribution >= 4 is 23.4 Å². The van der Waals surface area contributed by atoms with Gasteiger partial charge in [-0.3, -0.25) is 20.4 Å². The first-order valence-electron chi connectivity index (χ1n) is 8.34. The molecule has 0 saturated heterocycles. The maximum atomic E-state index is 12.4. The van der Waals surface area contributed by atoms with Gasteiger partial charge in [-0.2, -0.15) is 0 Å². The molecular weight excluding hydrogens is 356 g/mol. The lowest BCUT2D eigenvalue weighted by molar-refractivity contribution is 0.0822. The molecule has 1 unspecified atom stereocenters. The van der Waals surface area contributed by atoms with Gasteiger partial charge in [-0.05, 0) is 43.0 Å². The minimum Gasteiger partial charge on any atom is -0.455 e. The van der Waals surface area contributed by atoms with E-state index in [2.05, 4.69) is 10.9 Å². The molecule has 3 N–H and O–H groups in total. The van der Waals surface area contributed by atoms with Gasteiger partial charge in [0.1, 0.15) is 5.76 Å². The number of carbonyl (C=O) groups excluding carboxylic acids is 2. The smallest absolute Gasteiger partial charge is 0.305 e. The van der Waals surface area contributed by atoms with Gasteiger partial charge in [0.2, 0.25) is 0 Å². The van der Waals surface area contributed by atoms with Crippen LogP contribution in [0.2, 0.25) is 5.02 Å². The number of aliphatic hydroxyl groups is 1. The van der Waals surface area contributed by atoms with Crippen molar-refractivity contribution in [1.29, 1.82) is 0 Å². The molecule has 1 heterocycles. The van der Waals surface area contributed by atoms with E-state index < -0.39 is 17.9 Å². The molecule has 26 heavy (non-hydrogen) atoms. The standard InChI is InChI=1S/C19H21ClN2O4/c1-10-15-13(23)8-19(2,3)9-14(15)26-16(10)18(25)22-21-17(24)11-4-6-12(20)7-5-11/h4-7,13,23H,8-9H2,1-3H3,(H,21,24)(H,22,25). The quantitative estimate of drug-likeness (QED) is 0.701. The number of benzene rings is 1. The number of hydrogen-bond donors (Lipinski definition) is 3. The van der Waals surface area contributed by atoms with Crippen molar-refractivity contribution in [3.05, 3.63) is 57.5 Å². The van der Waals surface area contributed by atoms with Gasteiger partial charge < -0.3 is 9.52 Å². The predicted molar refractivity (Wildman–Crippen MR) is 96.9 cm³/mol. The molecule has 0 fully saturated rings. The fourth-order valence-electron chi connectivity index (χ4n) is 3.35. The maximum Gasteiger partial charge on any atom is 0.305 e. The van der Waals surface area contributed by atoms with Crippen molar-refractivity contribution in [1.82, 2.24) is 10.9 Å². The van der Waals surface area contributed by atoms with Gasteiger partial charge in [-0.15, -0.1) is 0 Å². The minimum absolute atomic E-state index is 0.100. The lowest BCUT2D eigenvalue weighted by Crippen LogP contribution is -2.41. The molecule has 0 saturated carbocycles. The Hall–Kier alpha value is -2.31. The van der Waals surface area contributed by atoms with Gasteiger partial charge in [0.15, 0.2) is 5.76 Å². The first kappa shape index (κ1) is 18.5. The van der Waals surface area contributed by atoms with Gasteiger partial charge in [0.05, 0.1) is 6.10 Å². The summed E-state index contributed by atoms with van der Waals surface area (Å²) < 4.78 is 5.72. The van der Waals surface area contributed by atoms with Crippen LogP contribution in [-0.4, -0.2) is 16.9 Å². The van der Waals surface area contributed by atoms with Crippen LogP contribution in [0.4, 0.5) is 0 Å². The Bertz CT molecular complexity index is 855. The van der Waals surface area contributed by atoms with Crippen LogP contribution >= 0.6 is 11.6 Å². The lowest BCUT2D eigenvalue weighted by Gasteiger charge is -2.31. The summed E-state index contributed by atoms with van der Waals surface area (Å²) in [4.78, 5) is 24.5. The molecule has 138 valence electrons. The molecule has 1 atom stereocenters. The molecular formula is C19H21ClN2O4. The number of hydrazine groups is 1. The van der Waals surface area contributed by atoms with Gasteiger partial charge >= 0.3 is 5.91 Å². The monoisotopic (exact) mass is 376 g/mol. The number of carbonyl (C=O) groups is 2. The SMILES string of the molecule is Cc1c(C(=O)NNC(=O)c2ccc(Cl)cc2)oc2c1C(O)CC(C)(C)C2. The molecule has 0 spiro atoms. The van der Waals surface area contributed by atoms with Crippen molar-refractivity contribution < 1.29 is 19.1 Å². The van der Waals surface area contributed by atoms with Crippen molar-refractivity contribution in [2.45, 2.75) is 39.7 Å². The number of fused-ring (bicyclic) bond motifs is 1. The summed E-state index contributed by atoms with van der Waals surface area (Å²) in [5.41, 5.74) is 6.24. The number of amides is 2. The third-order valence-corrected chi connectivity index (χ3v) is 4.84. The van der Waals surface area contributed by atoms with Crippen LogP contribution < -0.4 is 10.9 Å². The topological polar surface area (TPSA) is 91.6 Å². The maximum absolute atomic E-state index is 12.4. The van der Waals surface area contributed by atoms with Gasteiger partial charge in [-0.25, -0.2) is 0 Å². The Morgan fingerprint density at radius 3 is 2.46 bits per heavy atom. The molecule has 2 aromatic rings. The average molecular weight is 377 g/mol. The highest BCUT2D eigenvalue weighted by Gasteiger charge is 2.37. The second kappa shape index (κ2) is 6.78. The largest absolute Gasteiger partial charge is 0.455 e. The Labute approximate surface area is 156 Å². The third kappa shape index (κ3) is 3.61. The van der Waals surface area contributed by atoms with Crippen LogP contribution in [0.15, 0.2) is 28.7 Å². The zero-order valence-electron chi connectivity index (χ0n) is 14.9. The summed E-state index contributed by atoms with van der Waals surface area (Å²) in [5, 5.41) is 10.9. The molecule has 1 aromatic heterocycles. The summed E-state index contributed by atoms with van der Waals surface area (Å²) in [5.74, 6) is -0.307. The zero-order chi connectivity index (χ0) is 19.1. The Balaban J connectivity index is 1.73. The van der Waals surface area contributed by atoms with Gasteiger partial charge in [-0.1, -0.05) is 25.4 Å². The Morgan fingerprint density at radius 2 is 1.81 bits per heavy atom. The number of hydrogen-bond acceptors (Lipinski definition) is 4. The van der Waals surface area contributed by atoms with Crippen LogP contribution in [0.1, 0.15) is 64.2 Å². The molecule has 0 bridgehead atoms. The van der Waals surface area contributed by atoms with Crippen LogP contribution in [0.5, 0.6) is 0 Å². The van der Waals surface area contributed by atoms with E-state index in [-0.39, 0.29) is 11.2 Å². The first-order chi connectivity index (χ1) is 12.2. The summed E-state index contributed by atoms with van der Waals surface area (Å²) in [6.45, 7) is 5.83. The van der Waals surface area contributed by atoms with Crippen LogP contribution in [-0.2, 0) is 6.42 Å². The van der Waals surface area contributed by atoms with Crippen molar-refractivity contribution in [3.8, 4) is 0 Å². The predicted octanol–water partition coefficient (Wildman–Crippen LogP) is 3.32. The van der Waals surface area contributed by atoms with Crippen molar-refractivity contribution in [2.75, 3.05) is 0 Å². The van der Waals surface area contributed by atoms with Crippen LogP contribution in [0.3, 0.4) is 0 Å². The Kier molecular flexibility index (Phi) is 4.82.